The molecule has 18 heavy (non-hydrogen) atoms. The van der Waals surface area contributed by atoms with Crippen LogP contribution in [0, 0.1) is 11.8 Å². The number of hydrogen-bond acceptors (Lipinski definition) is 4. The third kappa shape index (κ3) is 3.01. The number of nitrogens with one attached hydrogen (secondary N) is 1. The van der Waals surface area contributed by atoms with Gasteiger partial charge in [0.25, 0.3) is 0 Å². The van der Waals surface area contributed by atoms with Gasteiger partial charge in [0.2, 0.25) is 0 Å². The lowest BCUT2D eigenvalue weighted by Gasteiger charge is -2.13. The van der Waals surface area contributed by atoms with Crippen molar-refractivity contribution in [2.45, 2.75) is 13.5 Å². The highest BCUT2D eigenvalue weighted by molar-refractivity contribution is 5.73. The Morgan fingerprint density at radius 1 is 1.44 bits per heavy atom. The Bertz CT molecular complexity index is 419. The molecule has 0 spiro atoms. The topological polar surface area (TPSA) is 47.6 Å². The maximum atomic E-state index is 11.9. The van der Waals surface area contributed by atoms with Crippen LogP contribution in [0.15, 0.2) is 24.3 Å². The molecule has 0 aromatic heterocycles. The Kier molecular flexibility index (Phi) is 4.20. The molecule has 1 fully saturated rings. The zero-order valence-electron chi connectivity index (χ0n) is 10.8. The summed E-state index contributed by atoms with van der Waals surface area (Å²) in [6.45, 7) is 3.98. The molecule has 0 saturated carbocycles. The number of rotatable bonds is 4. The highest BCUT2D eigenvalue weighted by Gasteiger charge is 2.30. The largest absolute Gasteiger partial charge is 0.497 e. The minimum absolute atomic E-state index is 0.0180. The van der Waals surface area contributed by atoms with E-state index >= 15 is 0 Å². The van der Waals surface area contributed by atoms with E-state index in [2.05, 4.69) is 12.2 Å². The van der Waals surface area contributed by atoms with E-state index in [0.717, 1.165) is 24.4 Å². The van der Waals surface area contributed by atoms with Crippen LogP contribution >= 0.6 is 0 Å². The summed E-state index contributed by atoms with van der Waals surface area (Å²) in [5.41, 5.74) is 0.946. The summed E-state index contributed by atoms with van der Waals surface area (Å²) in [6, 6.07) is 7.56. The van der Waals surface area contributed by atoms with Crippen molar-refractivity contribution in [2.75, 3.05) is 20.2 Å². The number of carbonyl (C=O) groups is 1. The highest BCUT2D eigenvalue weighted by atomic mass is 16.5. The van der Waals surface area contributed by atoms with Crippen molar-refractivity contribution in [3.63, 3.8) is 0 Å². The van der Waals surface area contributed by atoms with E-state index in [9.17, 15) is 4.79 Å². The molecule has 4 heteroatoms. The Morgan fingerprint density at radius 2 is 2.28 bits per heavy atom. The van der Waals surface area contributed by atoms with E-state index in [1.54, 1.807) is 7.11 Å². The third-order valence-corrected chi connectivity index (χ3v) is 3.34. The lowest BCUT2D eigenvalue weighted by Crippen LogP contribution is -2.23. The van der Waals surface area contributed by atoms with Gasteiger partial charge in [-0.25, -0.2) is 0 Å². The van der Waals surface area contributed by atoms with Gasteiger partial charge < -0.3 is 14.8 Å². The Morgan fingerprint density at radius 3 is 2.94 bits per heavy atom. The minimum Gasteiger partial charge on any atom is -0.497 e. The second-order valence-corrected chi connectivity index (χ2v) is 4.70. The molecule has 1 aliphatic rings. The molecular weight excluding hydrogens is 230 g/mol. The van der Waals surface area contributed by atoms with Crippen molar-refractivity contribution >= 4 is 5.97 Å². The molecular formula is C14H19NO3. The molecule has 1 aliphatic heterocycles. The number of hydrogen-bond donors (Lipinski definition) is 1. The molecule has 1 saturated heterocycles. The maximum Gasteiger partial charge on any atom is 0.310 e. The first-order valence-electron chi connectivity index (χ1n) is 6.21. The lowest BCUT2D eigenvalue weighted by molar-refractivity contribution is -0.150. The normalized spacial score (nSPS) is 22.8. The molecule has 0 radical (unpaired) electrons. The number of carbonyl (C=O) groups excluding carboxylic acids is 1. The SMILES string of the molecule is COc1cccc(COC(=O)C2CNCC2C)c1. The molecule has 2 atom stereocenters. The summed E-state index contributed by atoms with van der Waals surface area (Å²) >= 11 is 0. The van der Waals surface area contributed by atoms with Crippen molar-refractivity contribution in [3.8, 4) is 5.75 Å². The first-order chi connectivity index (χ1) is 8.70. The standard InChI is InChI=1S/C14H19NO3/c1-10-7-15-8-13(10)14(16)18-9-11-4-3-5-12(6-11)17-2/h3-6,10,13,15H,7-9H2,1-2H3. The molecule has 1 aromatic carbocycles. The van der Waals surface area contributed by atoms with Crippen LogP contribution in [0.3, 0.4) is 0 Å². The van der Waals surface area contributed by atoms with Crippen molar-refractivity contribution in [3.05, 3.63) is 29.8 Å². The molecule has 2 rings (SSSR count). The molecule has 4 nitrogen and oxygen atoms in total. The van der Waals surface area contributed by atoms with E-state index < -0.39 is 0 Å². The first-order valence-corrected chi connectivity index (χ1v) is 6.21. The van der Waals surface area contributed by atoms with Gasteiger partial charge in [0.15, 0.2) is 0 Å². The summed E-state index contributed by atoms with van der Waals surface area (Å²) in [5.74, 6) is 0.994. The van der Waals surface area contributed by atoms with Gasteiger partial charge in [0.1, 0.15) is 12.4 Å². The molecule has 0 bridgehead atoms. The monoisotopic (exact) mass is 249 g/mol. The zero-order chi connectivity index (χ0) is 13.0. The fourth-order valence-corrected chi connectivity index (χ4v) is 2.15. The van der Waals surface area contributed by atoms with Crippen LogP contribution in [0.5, 0.6) is 5.75 Å². The Labute approximate surface area is 107 Å². The van der Waals surface area contributed by atoms with Gasteiger partial charge in [-0.3, -0.25) is 4.79 Å². The van der Waals surface area contributed by atoms with Crippen LogP contribution in [0.2, 0.25) is 0 Å². The molecule has 1 heterocycles. The quantitative estimate of drug-likeness (QED) is 0.823. The number of methoxy groups -OCH3 is 1. The van der Waals surface area contributed by atoms with Crippen molar-refractivity contribution in [2.24, 2.45) is 11.8 Å². The van der Waals surface area contributed by atoms with Crippen LogP contribution in [0.1, 0.15) is 12.5 Å². The van der Waals surface area contributed by atoms with Crippen molar-refractivity contribution < 1.29 is 14.3 Å². The molecule has 98 valence electrons. The second kappa shape index (κ2) is 5.87. The van der Waals surface area contributed by atoms with Gasteiger partial charge in [-0.15, -0.1) is 0 Å². The van der Waals surface area contributed by atoms with Gasteiger partial charge in [-0.05, 0) is 30.2 Å². The number of esters is 1. The van der Waals surface area contributed by atoms with E-state index in [1.165, 1.54) is 0 Å². The summed E-state index contributed by atoms with van der Waals surface area (Å²) < 4.78 is 10.5. The number of ether oxygens (including phenoxy) is 2. The Hall–Kier alpha value is -1.55. The summed E-state index contributed by atoms with van der Waals surface area (Å²) in [4.78, 5) is 11.9. The summed E-state index contributed by atoms with van der Waals surface area (Å²) in [7, 11) is 1.62. The van der Waals surface area contributed by atoms with Crippen molar-refractivity contribution in [1.29, 1.82) is 0 Å². The minimum atomic E-state index is -0.115. The van der Waals surface area contributed by atoms with E-state index in [-0.39, 0.29) is 11.9 Å². The van der Waals surface area contributed by atoms with Crippen LogP contribution in [-0.4, -0.2) is 26.2 Å². The smallest absolute Gasteiger partial charge is 0.310 e. The summed E-state index contributed by atoms with van der Waals surface area (Å²) in [6.07, 6.45) is 0. The Balaban J connectivity index is 1.88. The molecule has 2 unspecified atom stereocenters. The van der Waals surface area contributed by atoms with Gasteiger partial charge in [-0.2, -0.15) is 0 Å². The summed E-state index contributed by atoms with van der Waals surface area (Å²) in [5, 5.41) is 3.20. The zero-order valence-corrected chi connectivity index (χ0v) is 10.8. The fraction of sp³-hybridized carbons (Fsp3) is 0.500. The van der Waals surface area contributed by atoms with E-state index in [4.69, 9.17) is 9.47 Å². The van der Waals surface area contributed by atoms with Crippen molar-refractivity contribution in [1.82, 2.24) is 5.32 Å². The first kappa shape index (κ1) is 12.9. The van der Waals surface area contributed by atoms with Gasteiger partial charge in [0.05, 0.1) is 13.0 Å². The van der Waals surface area contributed by atoms with Crippen LogP contribution in [0.25, 0.3) is 0 Å². The van der Waals surface area contributed by atoms with Crippen LogP contribution in [0.4, 0.5) is 0 Å². The van der Waals surface area contributed by atoms with Gasteiger partial charge in [-0.1, -0.05) is 19.1 Å². The molecule has 0 aliphatic carbocycles. The highest BCUT2D eigenvalue weighted by Crippen LogP contribution is 2.19. The van der Waals surface area contributed by atoms with Gasteiger partial charge >= 0.3 is 5.97 Å². The van der Waals surface area contributed by atoms with Gasteiger partial charge in [0, 0.05) is 6.54 Å². The van der Waals surface area contributed by atoms with E-state index in [0.29, 0.717) is 12.5 Å². The average molecular weight is 249 g/mol. The number of benzene rings is 1. The average Bonchev–Trinajstić information content (AvgIpc) is 2.82. The second-order valence-electron chi connectivity index (χ2n) is 4.70. The third-order valence-electron chi connectivity index (χ3n) is 3.34. The maximum absolute atomic E-state index is 11.9. The van der Waals surface area contributed by atoms with Crippen LogP contribution < -0.4 is 10.1 Å². The van der Waals surface area contributed by atoms with Crippen LogP contribution in [-0.2, 0) is 16.1 Å². The van der Waals surface area contributed by atoms with E-state index in [1.807, 2.05) is 24.3 Å². The predicted octanol–water partition coefficient (Wildman–Crippen LogP) is 1.59. The fourth-order valence-electron chi connectivity index (χ4n) is 2.15. The molecule has 1 aromatic rings. The molecule has 1 N–H and O–H groups in total. The predicted molar refractivity (Wildman–Crippen MR) is 68.3 cm³/mol. The lowest BCUT2D eigenvalue weighted by atomic mass is 9.99. The molecule has 0 amide bonds.